The van der Waals surface area contributed by atoms with Crippen molar-refractivity contribution in [1.82, 2.24) is 4.90 Å². The van der Waals surface area contributed by atoms with Gasteiger partial charge in [0.2, 0.25) is 0 Å². The second kappa shape index (κ2) is 2.85. The minimum absolute atomic E-state index is 0.153. The van der Waals surface area contributed by atoms with E-state index in [-0.39, 0.29) is 6.54 Å². The molecule has 2 N–H and O–H groups in total. The third-order valence-electron chi connectivity index (χ3n) is 1.79. The predicted molar refractivity (Wildman–Crippen MR) is 36.9 cm³/mol. The Hall–Kier alpha value is -0.910. The number of hydrogen-bond donors (Lipinski definition) is 1. The Kier molecular flexibility index (Phi) is 2.18. The van der Waals surface area contributed by atoms with E-state index in [1.807, 2.05) is 0 Å². The molecule has 0 aromatic carbocycles. The zero-order valence-electron chi connectivity index (χ0n) is 6.59. The molecular formula is C6H10F2N2O2. The Labute approximate surface area is 68.3 Å². The van der Waals surface area contributed by atoms with Gasteiger partial charge in [-0.05, 0) is 0 Å². The van der Waals surface area contributed by atoms with Gasteiger partial charge in [0.1, 0.15) is 0 Å². The first-order valence-electron chi connectivity index (χ1n) is 3.43. The largest absolute Gasteiger partial charge is 0.453 e. The quantitative estimate of drug-likeness (QED) is 0.572. The van der Waals surface area contributed by atoms with Gasteiger partial charge in [0, 0.05) is 6.54 Å². The molecular weight excluding hydrogens is 170 g/mol. The summed E-state index contributed by atoms with van der Waals surface area (Å²) in [5.74, 6) is -2.99. The van der Waals surface area contributed by atoms with E-state index >= 15 is 0 Å². The van der Waals surface area contributed by atoms with E-state index < -0.39 is 24.6 Å². The highest BCUT2D eigenvalue weighted by Crippen LogP contribution is 2.26. The molecule has 1 amide bonds. The molecule has 1 rings (SSSR count). The lowest BCUT2D eigenvalue weighted by Gasteiger charge is -2.13. The van der Waals surface area contributed by atoms with Crippen LogP contribution in [0.15, 0.2) is 0 Å². The van der Waals surface area contributed by atoms with Gasteiger partial charge in [-0.15, -0.1) is 0 Å². The highest BCUT2D eigenvalue weighted by molar-refractivity contribution is 5.68. The number of hydrogen-bond acceptors (Lipinski definition) is 3. The maximum atomic E-state index is 12.7. The number of nitrogens with zero attached hydrogens (tertiary/aromatic N) is 1. The zero-order chi connectivity index (χ0) is 9.35. The molecule has 0 spiro atoms. The molecule has 1 fully saturated rings. The van der Waals surface area contributed by atoms with Gasteiger partial charge in [0.05, 0.1) is 19.7 Å². The number of methoxy groups -OCH3 is 1. The van der Waals surface area contributed by atoms with E-state index in [4.69, 9.17) is 5.73 Å². The van der Waals surface area contributed by atoms with Crippen molar-refractivity contribution in [2.24, 2.45) is 5.73 Å². The second-order valence-corrected chi connectivity index (χ2v) is 2.72. The van der Waals surface area contributed by atoms with E-state index in [2.05, 4.69) is 4.74 Å². The van der Waals surface area contributed by atoms with E-state index in [9.17, 15) is 13.6 Å². The van der Waals surface area contributed by atoms with Crippen molar-refractivity contribution >= 4 is 6.09 Å². The summed E-state index contributed by atoms with van der Waals surface area (Å²) >= 11 is 0. The van der Waals surface area contributed by atoms with Crippen LogP contribution in [0.25, 0.3) is 0 Å². The van der Waals surface area contributed by atoms with Crippen molar-refractivity contribution in [3.8, 4) is 0 Å². The van der Waals surface area contributed by atoms with Crippen molar-refractivity contribution in [2.45, 2.75) is 12.0 Å². The number of likely N-dealkylation sites (tertiary alicyclic amines) is 1. The van der Waals surface area contributed by atoms with Crippen molar-refractivity contribution in [1.29, 1.82) is 0 Å². The van der Waals surface area contributed by atoms with Crippen molar-refractivity contribution < 1.29 is 18.3 Å². The fourth-order valence-electron chi connectivity index (χ4n) is 1.08. The average molecular weight is 180 g/mol. The Morgan fingerprint density at radius 3 is 2.67 bits per heavy atom. The van der Waals surface area contributed by atoms with Crippen LogP contribution in [0, 0.1) is 0 Å². The van der Waals surface area contributed by atoms with Crippen LogP contribution in [0.4, 0.5) is 13.6 Å². The molecule has 0 radical (unpaired) electrons. The van der Waals surface area contributed by atoms with Crippen LogP contribution in [0.2, 0.25) is 0 Å². The molecule has 1 aliphatic rings. The molecule has 70 valence electrons. The standard InChI is InChI=1S/C6H10F2N2O2/c1-12-5(11)10-2-4(9)6(7,8)3-10/h4H,2-3,9H2,1H3. The Morgan fingerprint density at radius 2 is 2.33 bits per heavy atom. The summed E-state index contributed by atoms with van der Waals surface area (Å²) in [5.41, 5.74) is 5.10. The maximum absolute atomic E-state index is 12.7. The third kappa shape index (κ3) is 1.47. The third-order valence-corrected chi connectivity index (χ3v) is 1.79. The van der Waals surface area contributed by atoms with Gasteiger partial charge < -0.3 is 15.4 Å². The average Bonchev–Trinajstić information content (AvgIpc) is 2.25. The molecule has 0 aromatic rings. The van der Waals surface area contributed by atoms with E-state index in [0.717, 1.165) is 12.0 Å². The topological polar surface area (TPSA) is 55.6 Å². The minimum Gasteiger partial charge on any atom is -0.453 e. The fourth-order valence-corrected chi connectivity index (χ4v) is 1.08. The molecule has 1 unspecified atom stereocenters. The summed E-state index contributed by atoms with van der Waals surface area (Å²) in [4.78, 5) is 11.7. The summed E-state index contributed by atoms with van der Waals surface area (Å²) in [6, 6.07) is -1.28. The molecule has 1 heterocycles. The molecule has 1 saturated heterocycles. The van der Waals surface area contributed by atoms with E-state index in [1.165, 1.54) is 0 Å². The lowest BCUT2D eigenvalue weighted by Crippen LogP contribution is -2.38. The van der Waals surface area contributed by atoms with E-state index in [1.54, 1.807) is 0 Å². The van der Waals surface area contributed by atoms with Crippen LogP contribution in [-0.2, 0) is 4.74 Å². The predicted octanol–water partition coefficient (Wildman–Crippen LogP) is 0.0310. The summed E-state index contributed by atoms with van der Waals surface area (Å²) in [7, 11) is 1.14. The monoisotopic (exact) mass is 180 g/mol. The first-order chi connectivity index (χ1) is 5.47. The molecule has 6 heteroatoms. The van der Waals surface area contributed by atoms with Gasteiger partial charge in [-0.1, -0.05) is 0 Å². The van der Waals surface area contributed by atoms with Crippen LogP contribution >= 0.6 is 0 Å². The minimum atomic E-state index is -2.99. The fraction of sp³-hybridized carbons (Fsp3) is 0.833. The molecule has 12 heavy (non-hydrogen) atoms. The van der Waals surface area contributed by atoms with Gasteiger partial charge in [0.25, 0.3) is 5.92 Å². The smallest absolute Gasteiger partial charge is 0.409 e. The van der Waals surface area contributed by atoms with Crippen molar-refractivity contribution in [3.05, 3.63) is 0 Å². The number of rotatable bonds is 0. The number of nitrogens with two attached hydrogens (primary N) is 1. The summed E-state index contributed by atoms with van der Waals surface area (Å²) in [6.45, 7) is -0.805. The lowest BCUT2D eigenvalue weighted by atomic mass is 10.2. The SMILES string of the molecule is COC(=O)N1CC(N)C(F)(F)C1. The number of alkyl halides is 2. The molecule has 0 aliphatic carbocycles. The molecule has 0 saturated carbocycles. The van der Waals surface area contributed by atoms with Gasteiger partial charge in [-0.2, -0.15) is 0 Å². The number of carbonyl (C=O) groups is 1. The normalized spacial score (nSPS) is 27.3. The van der Waals surface area contributed by atoms with Crippen molar-refractivity contribution in [3.63, 3.8) is 0 Å². The number of halogens is 2. The number of amides is 1. The highest BCUT2D eigenvalue weighted by atomic mass is 19.3. The van der Waals surface area contributed by atoms with Crippen LogP contribution < -0.4 is 5.73 Å². The Morgan fingerprint density at radius 1 is 1.75 bits per heavy atom. The van der Waals surface area contributed by atoms with Crippen LogP contribution in [0.5, 0.6) is 0 Å². The molecule has 4 nitrogen and oxygen atoms in total. The van der Waals surface area contributed by atoms with E-state index in [0.29, 0.717) is 0 Å². The Bertz CT molecular complexity index is 198. The first kappa shape index (κ1) is 9.18. The molecule has 0 aromatic heterocycles. The molecule has 1 aliphatic heterocycles. The maximum Gasteiger partial charge on any atom is 0.409 e. The van der Waals surface area contributed by atoms with Crippen LogP contribution in [0.1, 0.15) is 0 Å². The number of ether oxygens (including phenoxy) is 1. The first-order valence-corrected chi connectivity index (χ1v) is 3.43. The Balaban J connectivity index is 2.60. The number of carbonyl (C=O) groups excluding carboxylic acids is 1. The zero-order valence-corrected chi connectivity index (χ0v) is 6.59. The van der Waals surface area contributed by atoms with Gasteiger partial charge >= 0.3 is 6.09 Å². The summed E-state index contributed by atoms with van der Waals surface area (Å²) < 4.78 is 29.7. The summed E-state index contributed by atoms with van der Waals surface area (Å²) in [5, 5.41) is 0. The van der Waals surface area contributed by atoms with Crippen molar-refractivity contribution in [2.75, 3.05) is 20.2 Å². The second-order valence-electron chi connectivity index (χ2n) is 2.72. The van der Waals surface area contributed by atoms with Gasteiger partial charge in [0.15, 0.2) is 0 Å². The van der Waals surface area contributed by atoms with Crippen LogP contribution in [0.3, 0.4) is 0 Å². The lowest BCUT2D eigenvalue weighted by molar-refractivity contribution is -0.000700. The van der Waals surface area contributed by atoms with Gasteiger partial charge in [-0.3, -0.25) is 0 Å². The molecule has 1 atom stereocenters. The highest BCUT2D eigenvalue weighted by Gasteiger charge is 2.47. The van der Waals surface area contributed by atoms with Gasteiger partial charge in [-0.25, -0.2) is 13.6 Å². The molecule has 0 bridgehead atoms. The summed E-state index contributed by atoms with van der Waals surface area (Å²) in [6.07, 6.45) is -0.761. The van der Waals surface area contributed by atoms with Crippen LogP contribution in [-0.4, -0.2) is 43.2 Å².